The number of amides is 1. The molecule has 4 rings (SSSR count). The Kier molecular flexibility index (Phi) is 4.84. The van der Waals surface area contributed by atoms with Gasteiger partial charge in [-0.15, -0.1) is 0 Å². The molecular weight excluding hydrogens is 360 g/mol. The number of carbonyl (C=O) groups is 1. The number of anilines is 1. The Balaban J connectivity index is 1.67. The first kappa shape index (κ1) is 17.2. The zero-order chi connectivity index (χ0) is 18.6. The third-order valence-corrected chi connectivity index (χ3v) is 5.24. The number of carbonyl (C=O) groups excluding carboxylic acids is 1. The first-order valence-corrected chi connectivity index (χ1v) is 9.31. The molecule has 0 aliphatic heterocycles. The summed E-state index contributed by atoms with van der Waals surface area (Å²) in [7, 11) is 1.64. The van der Waals surface area contributed by atoms with Crippen molar-refractivity contribution in [2.75, 3.05) is 12.0 Å². The Labute approximate surface area is 160 Å². The van der Waals surface area contributed by atoms with Crippen molar-refractivity contribution in [3.8, 4) is 5.75 Å². The molecule has 0 radical (unpaired) electrons. The molecule has 1 amide bonds. The number of thiazole rings is 1. The van der Waals surface area contributed by atoms with Crippen LogP contribution in [0, 0.1) is 0 Å². The van der Waals surface area contributed by atoms with Crippen LogP contribution < -0.4 is 9.64 Å². The fraction of sp³-hybridized carbons (Fsp3) is 0.150. The number of aromatic nitrogens is 3. The number of benzene rings is 2. The summed E-state index contributed by atoms with van der Waals surface area (Å²) < 4.78 is 6.27. The van der Waals surface area contributed by atoms with Crippen molar-refractivity contribution < 1.29 is 9.53 Å². The number of aromatic amines is 1. The van der Waals surface area contributed by atoms with E-state index in [0.29, 0.717) is 18.1 Å². The number of hydrogen-bond acceptors (Lipinski definition) is 5. The molecule has 0 saturated carbocycles. The number of fused-ring (bicyclic) bond motifs is 1. The van der Waals surface area contributed by atoms with Crippen LogP contribution in [0.2, 0.25) is 0 Å². The molecule has 2 aromatic carbocycles. The molecule has 0 fully saturated rings. The second-order valence-electron chi connectivity index (χ2n) is 6.05. The van der Waals surface area contributed by atoms with E-state index in [-0.39, 0.29) is 5.91 Å². The van der Waals surface area contributed by atoms with Gasteiger partial charge < -0.3 is 9.72 Å². The van der Waals surface area contributed by atoms with Gasteiger partial charge in [-0.2, -0.15) is 0 Å². The molecule has 0 aliphatic rings. The number of H-pyrrole nitrogens is 1. The van der Waals surface area contributed by atoms with E-state index in [2.05, 4.69) is 15.0 Å². The van der Waals surface area contributed by atoms with Gasteiger partial charge in [0.25, 0.3) is 0 Å². The smallest absolute Gasteiger partial charge is 0.233 e. The predicted molar refractivity (Wildman–Crippen MR) is 106 cm³/mol. The summed E-state index contributed by atoms with van der Waals surface area (Å²) in [6.07, 6.45) is 3.64. The Morgan fingerprint density at radius 3 is 2.81 bits per heavy atom. The van der Waals surface area contributed by atoms with E-state index in [1.54, 1.807) is 24.5 Å². The van der Waals surface area contributed by atoms with Gasteiger partial charge in [-0.25, -0.2) is 9.97 Å². The van der Waals surface area contributed by atoms with Gasteiger partial charge >= 0.3 is 0 Å². The minimum absolute atomic E-state index is 0.0122. The summed E-state index contributed by atoms with van der Waals surface area (Å²) in [5.74, 6) is 0.759. The third kappa shape index (κ3) is 3.83. The molecule has 0 bridgehead atoms. The summed E-state index contributed by atoms with van der Waals surface area (Å²) in [6.45, 7) is 0.391. The SMILES string of the molecule is COc1ccc2nc(N(Cc3cnc[nH]3)C(=O)Cc3ccccc3)sc2c1. The highest BCUT2D eigenvalue weighted by Crippen LogP contribution is 2.32. The normalized spacial score (nSPS) is 10.9. The lowest BCUT2D eigenvalue weighted by atomic mass is 10.1. The molecule has 4 aromatic rings. The molecule has 136 valence electrons. The van der Waals surface area contributed by atoms with Gasteiger partial charge in [-0.3, -0.25) is 9.69 Å². The topological polar surface area (TPSA) is 71.1 Å². The van der Waals surface area contributed by atoms with Gasteiger partial charge in [0.15, 0.2) is 5.13 Å². The third-order valence-electron chi connectivity index (χ3n) is 4.20. The summed E-state index contributed by atoms with van der Waals surface area (Å²) in [6, 6.07) is 15.4. The maximum absolute atomic E-state index is 13.1. The van der Waals surface area contributed by atoms with E-state index in [9.17, 15) is 4.79 Å². The number of nitrogens with zero attached hydrogens (tertiary/aromatic N) is 3. The number of ether oxygens (including phenoxy) is 1. The van der Waals surface area contributed by atoms with Crippen LogP contribution >= 0.6 is 11.3 Å². The second-order valence-corrected chi connectivity index (χ2v) is 7.06. The number of nitrogens with one attached hydrogen (secondary N) is 1. The fourth-order valence-electron chi connectivity index (χ4n) is 2.81. The average Bonchev–Trinajstić information content (AvgIpc) is 3.35. The van der Waals surface area contributed by atoms with Crippen LogP contribution in [-0.4, -0.2) is 28.0 Å². The second kappa shape index (κ2) is 7.59. The largest absolute Gasteiger partial charge is 0.497 e. The van der Waals surface area contributed by atoms with Gasteiger partial charge in [-0.05, 0) is 23.8 Å². The maximum Gasteiger partial charge on any atom is 0.233 e. The van der Waals surface area contributed by atoms with Crippen molar-refractivity contribution >= 4 is 32.6 Å². The average molecular weight is 378 g/mol. The van der Waals surface area contributed by atoms with E-state index in [1.165, 1.54) is 11.3 Å². The van der Waals surface area contributed by atoms with Crippen LogP contribution in [0.1, 0.15) is 11.3 Å². The Bertz CT molecular complexity index is 1040. The lowest BCUT2D eigenvalue weighted by Crippen LogP contribution is -2.31. The van der Waals surface area contributed by atoms with E-state index < -0.39 is 0 Å². The molecule has 7 heteroatoms. The van der Waals surface area contributed by atoms with E-state index in [1.807, 2.05) is 48.5 Å². The molecule has 0 atom stereocenters. The van der Waals surface area contributed by atoms with Crippen molar-refractivity contribution in [3.05, 3.63) is 72.3 Å². The van der Waals surface area contributed by atoms with Crippen molar-refractivity contribution in [2.24, 2.45) is 0 Å². The summed E-state index contributed by atoms with van der Waals surface area (Å²) >= 11 is 1.48. The van der Waals surface area contributed by atoms with Crippen LogP contribution in [0.3, 0.4) is 0 Å². The van der Waals surface area contributed by atoms with Crippen LogP contribution in [0.15, 0.2) is 61.1 Å². The quantitative estimate of drug-likeness (QED) is 0.554. The highest BCUT2D eigenvalue weighted by atomic mass is 32.1. The molecule has 6 nitrogen and oxygen atoms in total. The first-order valence-electron chi connectivity index (χ1n) is 8.49. The van der Waals surface area contributed by atoms with Gasteiger partial charge in [0, 0.05) is 6.20 Å². The van der Waals surface area contributed by atoms with Gasteiger partial charge in [0.1, 0.15) is 5.75 Å². The Hall–Kier alpha value is -3.19. The number of methoxy groups -OCH3 is 1. The van der Waals surface area contributed by atoms with Crippen LogP contribution in [-0.2, 0) is 17.8 Å². The van der Waals surface area contributed by atoms with Crippen LogP contribution in [0.5, 0.6) is 5.75 Å². The zero-order valence-corrected chi connectivity index (χ0v) is 15.6. The highest BCUT2D eigenvalue weighted by Gasteiger charge is 2.21. The van der Waals surface area contributed by atoms with Crippen molar-refractivity contribution in [1.82, 2.24) is 15.0 Å². The zero-order valence-electron chi connectivity index (χ0n) is 14.8. The monoisotopic (exact) mass is 378 g/mol. The summed E-state index contributed by atoms with van der Waals surface area (Å²) in [5.41, 5.74) is 2.67. The first-order chi connectivity index (χ1) is 13.2. The van der Waals surface area contributed by atoms with Crippen LogP contribution in [0.25, 0.3) is 10.2 Å². The molecule has 0 unspecified atom stereocenters. The van der Waals surface area contributed by atoms with Gasteiger partial charge in [-0.1, -0.05) is 41.7 Å². The van der Waals surface area contributed by atoms with Crippen LogP contribution in [0.4, 0.5) is 5.13 Å². The van der Waals surface area contributed by atoms with Crippen molar-refractivity contribution in [3.63, 3.8) is 0 Å². The predicted octanol–water partition coefficient (Wildman–Crippen LogP) is 3.80. The summed E-state index contributed by atoms with van der Waals surface area (Å²) in [4.78, 5) is 26.6. The molecular formula is C20H18N4O2S. The summed E-state index contributed by atoms with van der Waals surface area (Å²) in [5, 5.41) is 0.661. The van der Waals surface area contributed by atoms with E-state index in [0.717, 1.165) is 27.2 Å². The fourth-order valence-corrected chi connectivity index (χ4v) is 3.82. The molecule has 0 saturated heterocycles. The minimum Gasteiger partial charge on any atom is -0.497 e. The Morgan fingerprint density at radius 1 is 1.22 bits per heavy atom. The molecule has 0 spiro atoms. The molecule has 27 heavy (non-hydrogen) atoms. The Morgan fingerprint density at radius 2 is 2.07 bits per heavy atom. The highest BCUT2D eigenvalue weighted by molar-refractivity contribution is 7.22. The molecule has 2 aromatic heterocycles. The maximum atomic E-state index is 13.1. The molecule has 0 aliphatic carbocycles. The number of imidazole rings is 1. The van der Waals surface area contributed by atoms with Crippen molar-refractivity contribution in [2.45, 2.75) is 13.0 Å². The number of hydrogen-bond donors (Lipinski definition) is 1. The minimum atomic E-state index is -0.0122. The van der Waals surface area contributed by atoms with Crippen molar-refractivity contribution in [1.29, 1.82) is 0 Å². The van der Waals surface area contributed by atoms with Gasteiger partial charge in [0.2, 0.25) is 5.91 Å². The van der Waals surface area contributed by atoms with E-state index in [4.69, 9.17) is 4.74 Å². The standard InChI is InChI=1S/C20H18N4O2S/c1-26-16-7-8-17-18(10-16)27-20(23-17)24(12-15-11-21-13-22-15)19(25)9-14-5-3-2-4-6-14/h2-8,10-11,13H,9,12H2,1H3,(H,21,22). The lowest BCUT2D eigenvalue weighted by Gasteiger charge is -2.19. The number of rotatable bonds is 6. The molecule has 1 N–H and O–H groups in total. The van der Waals surface area contributed by atoms with E-state index >= 15 is 0 Å². The van der Waals surface area contributed by atoms with Gasteiger partial charge in [0.05, 0.1) is 42.3 Å². The molecule has 2 heterocycles. The lowest BCUT2D eigenvalue weighted by molar-refractivity contribution is -0.118.